The quantitative estimate of drug-likeness (QED) is 0.798. The molecular formula is C21H22N2O5. The first-order valence-electron chi connectivity index (χ1n) is 9.01. The largest absolute Gasteiger partial charge is 0.497 e. The number of carbonyl (C=O) groups excluding carboxylic acids is 2. The van der Waals surface area contributed by atoms with Gasteiger partial charge < -0.3 is 20.1 Å². The average Bonchev–Trinajstić information content (AvgIpc) is 3.23. The molecule has 2 aromatic carbocycles. The number of likely N-dealkylation sites (tertiary alicyclic amines) is 1. The van der Waals surface area contributed by atoms with Gasteiger partial charge in [0.15, 0.2) is 0 Å². The molecule has 1 heterocycles. The molecule has 1 aliphatic rings. The minimum atomic E-state index is -0.908. The van der Waals surface area contributed by atoms with E-state index in [-0.39, 0.29) is 18.4 Å². The number of nitrogens with one attached hydrogen (secondary N) is 1. The monoisotopic (exact) mass is 382 g/mol. The molecule has 1 saturated heterocycles. The summed E-state index contributed by atoms with van der Waals surface area (Å²) in [6.07, 6.45) is 0.412. The summed E-state index contributed by atoms with van der Waals surface area (Å²) in [4.78, 5) is 38.5. The molecule has 2 aromatic rings. The van der Waals surface area contributed by atoms with Gasteiger partial charge in [-0.05, 0) is 36.2 Å². The average molecular weight is 382 g/mol. The van der Waals surface area contributed by atoms with Crippen LogP contribution in [0.4, 0.5) is 0 Å². The lowest BCUT2D eigenvalue weighted by molar-refractivity contribution is -0.141. The van der Waals surface area contributed by atoms with Gasteiger partial charge in [-0.15, -0.1) is 0 Å². The summed E-state index contributed by atoms with van der Waals surface area (Å²) in [5, 5.41) is 12.0. The molecule has 1 aliphatic heterocycles. The van der Waals surface area contributed by atoms with Gasteiger partial charge in [0.25, 0.3) is 5.91 Å². The van der Waals surface area contributed by atoms with Crippen molar-refractivity contribution in [3.8, 4) is 5.75 Å². The minimum Gasteiger partial charge on any atom is -0.497 e. The fourth-order valence-electron chi connectivity index (χ4n) is 3.23. The van der Waals surface area contributed by atoms with Gasteiger partial charge in [-0.2, -0.15) is 0 Å². The van der Waals surface area contributed by atoms with Crippen LogP contribution in [-0.4, -0.2) is 48.0 Å². The second-order valence-electron chi connectivity index (χ2n) is 6.65. The van der Waals surface area contributed by atoms with Crippen LogP contribution >= 0.6 is 0 Å². The van der Waals surface area contributed by atoms with Crippen LogP contribution in [0.2, 0.25) is 0 Å². The topological polar surface area (TPSA) is 95.9 Å². The van der Waals surface area contributed by atoms with Gasteiger partial charge in [-0.25, -0.2) is 0 Å². The summed E-state index contributed by atoms with van der Waals surface area (Å²) < 4.78 is 5.09. The Labute approximate surface area is 162 Å². The number of ether oxygens (including phenoxy) is 1. The van der Waals surface area contributed by atoms with Crippen molar-refractivity contribution >= 4 is 17.8 Å². The molecular weight excluding hydrogens is 360 g/mol. The third kappa shape index (κ3) is 4.31. The van der Waals surface area contributed by atoms with Crippen LogP contribution in [0.25, 0.3) is 0 Å². The number of benzene rings is 2. The van der Waals surface area contributed by atoms with Crippen LogP contribution in [0.15, 0.2) is 54.6 Å². The van der Waals surface area contributed by atoms with Gasteiger partial charge in [0, 0.05) is 18.7 Å². The standard InChI is InChI=1S/C21H22N2O5/c1-28-17-9-7-15(8-10-17)19(24)22-18(14-5-3-2-4-6-14)20(25)23-12-11-16(13-23)21(26)27/h2-10,16,18H,11-13H2,1H3,(H,22,24)(H,26,27). The van der Waals surface area contributed by atoms with Crippen LogP contribution < -0.4 is 10.1 Å². The van der Waals surface area contributed by atoms with Crippen molar-refractivity contribution in [2.24, 2.45) is 5.92 Å². The first-order chi connectivity index (χ1) is 13.5. The molecule has 28 heavy (non-hydrogen) atoms. The highest BCUT2D eigenvalue weighted by Crippen LogP contribution is 2.23. The molecule has 7 nitrogen and oxygen atoms in total. The van der Waals surface area contributed by atoms with Crippen molar-refractivity contribution in [3.63, 3.8) is 0 Å². The molecule has 146 valence electrons. The molecule has 0 radical (unpaired) electrons. The maximum absolute atomic E-state index is 13.1. The second-order valence-corrected chi connectivity index (χ2v) is 6.65. The fraction of sp³-hybridized carbons (Fsp3) is 0.286. The Morgan fingerprint density at radius 3 is 2.36 bits per heavy atom. The predicted octanol–water partition coefficient (Wildman–Crippen LogP) is 2.10. The molecule has 1 fully saturated rings. The van der Waals surface area contributed by atoms with Gasteiger partial charge in [-0.1, -0.05) is 30.3 Å². The molecule has 7 heteroatoms. The van der Waals surface area contributed by atoms with E-state index in [1.54, 1.807) is 55.6 Å². The number of amides is 2. The number of methoxy groups -OCH3 is 1. The molecule has 0 aliphatic carbocycles. The van der Waals surface area contributed by atoms with E-state index in [9.17, 15) is 19.5 Å². The number of carboxylic acids is 1. The van der Waals surface area contributed by atoms with Gasteiger partial charge in [-0.3, -0.25) is 14.4 Å². The number of rotatable bonds is 6. The van der Waals surface area contributed by atoms with Crippen molar-refractivity contribution in [2.45, 2.75) is 12.5 Å². The Bertz CT molecular complexity index is 851. The predicted molar refractivity (Wildman–Crippen MR) is 102 cm³/mol. The number of carbonyl (C=O) groups is 3. The first kappa shape index (κ1) is 19.4. The van der Waals surface area contributed by atoms with Crippen molar-refractivity contribution in [3.05, 3.63) is 65.7 Å². The van der Waals surface area contributed by atoms with Crippen molar-refractivity contribution in [1.82, 2.24) is 10.2 Å². The van der Waals surface area contributed by atoms with E-state index in [0.717, 1.165) is 0 Å². The maximum Gasteiger partial charge on any atom is 0.308 e. The normalized spacial score (nSPS) is 17.0. The Hall–Kier alpha value is -3.35. The number of aliphatic carboxylic acids is 1. The highest BCUT2D eigenvalue weighted by Gasteiger charge is 2.35. The van der Waals surface area contributed by atoms with Crippen LogP contribution in [0.5, 0.6) is 5.75 Å². The van der Waals surface area contributed by atoms with Crippen LogP contribution in [0.3, 0.4) is 0 Å². The zero-order chi connectivity index (χ0) is 20.1. The highest BCUT2D eigenvalue weighted by atomic mass is 16.5. The molecule has 0 bridgehead atoms. The van der Waals surface area contributed by atoms with E-state index >= 15 is 0 Å². The molecule has 2 atom stereocenters. The molecule has 0 saturated carbocycles. The Balaban J connectivity index is 1.80. The minimum absolute atomic E-state index is 0.149. The van der Waals surface area contributed by atoms with E-state index in [1.807, 2.05) is 6.07 Å². The summed E-state index contributed by atoms with van der Waals surface area (Å²) in [5.74, 6) is -1.55. The molecule has 2 amide bonds. The van der Waals surface area contributed by atoms with Crippen molar-refractivity contribution in [2.75, 3.05) is 20.2 Å². The van der Waals surface area contributed by atoms with E-state index in [4.69, 9.17) is 4.74 Å². The fourth-order valence-corrected chi connectivity index (χ4v) is 3.23. The van der Waals surface area contributed by atoms with Gasteiger partial charge in [0.2, 0.25) is 5.91 Å². The number of nitrogens with zero attached hydrogens (tertiary/aromatic N) is 1. The number of carboxylic acid groups (broad SMARTS) is 1. The zero-order valence-corrected chi connectivity index (χ0v) is 15.5. The Kier molecular flexibility index (Phi) is 5.93. The van der Waals surface area contributed by atoms with E-state index in [0.29, 0.717) is 29.8 Å². The Morgan fingerprint density at radius 1 is 1.11 bits per heavy atom. The summed E-state index contributed by atoms with van der Waals surface area (Å²) >= 11 is 0. The van der Waals surface area contributed by atoms with E-state index in [2.05, 4.69) is 5.32 Å². The first-order valence-corrected chi connectivity index (χ1v) is 9.01. The van der Waals surface area contributed by atoms with Gasteiger partial charge >= 0.3 is 5.97 Å². The smallest absolute Gasteiger partial charge is 0.308 e. The van der Waals surface area contributed by atoms with Gasteiger partial charge in [0.1, 0.15) is 11.8 Å². The third-order valence-corrected chi connectivity index (χ3v) is 4.86. The lowest BCUT2D eigenvalue weighted by Gasteiger charge is -2.24. The SMILES string of the molecule is COc1ccc(C(=O)NC(C(=O)N2CCC(C(=O)O)C2)c2ccccc2)cc1. The molecule has 0 aromatic heterocycles. The summed E-state index contributed by atoms with van der Waals surface area (Å²) in [6, 6.07) is 14.6. The summed E-state index contributed by atoms with van der Waals surface area (Å²) in [6.45, 7) is 0.507. The summed E-state index contributed by atoms with van der Waals surface area (Å²) in [5.41, 5.74) is 1.05. The summed E-state index contributed by atoms with van der Waals surface area (Å²) in [7, 11) is 1.54. The van der Waals surface area contributed by atoms with Crippen LogP contribution in [0, 0.1) is 5.92 Å². The third-order valence-electron chi connectivity index (χ3n) is 4.86. The lowest BCUT2D eigenvalue weighted by atomic mass is 10.0. The van der Waals surface area contributed by atoms with Crippen LogP contribution in [0.1, 0.15) is 28.4 Å². The Morgan fingerprint density at radius 2 is 1.79 bits per heavy atom. The molecule has 3 rings (SSSR count). The van der Waals surface area contributed by atoms with Crippen molar-refractivity contribution < 1.29 is 24.2 Å². The second kappa shape index (κ2) is 8.56. The number of hydrogen-bond donors (Lipinski definition) is 2. The van der Waals surface area contributed by atoms with Crippen molar-refractivity contribution in [1.29, 1.82) is 0 Å². The van der Waals surface area contributed by atoms with E-state index in [1.165, 1.54) is 4.90 Å². The molecule has 0 spiro atoms. The van der Waals surface area contributed by atoms with E-state index < -0.39 is 17.9 Å². The van der Waals surface area contributed by atoms with Gasteiger partial charge in [0.05, 0.1) is 13.0 Å². The highest BCUT2D eigenvalue weighted by molar-refractivity contribution is 5.98. The zero-order valence-electron chi connectivity index (χ0n) is 15.5. The molecule has 2 N–H and O–H groups in total. The van der Waals surface area contributed by atoms with Crippen LogP contribution in [-0.2, 0) is 9.59 Å². The molecule has 2 unspecified atom stereocenters. The number of hydrogen-bond acceptors (Lipinski definition) is 4. The lowest BCUT2D eigenvalue weighted by Crippen LogP contribution is -2.42. The maximum atomic E-state index is 13.1.